The van der Waals surface area contributed by atoms with Crippen molar-refractivity contribution in [2.45, 2.75) is 13.3 Å². The molecule has 4 aromatic rings. The third-order valence-electron chi connectivity index (χ3n) is 6.17. The molecule has 1 fully saturated rings. The zero-order chi connectivity index (χ0) is 27.6. The second-order valence-electron chi connectivity index (χ2n) is 9.01. The lowest BCUT2D eigenvalue weighted by molar-refractivity contribution is -0.274. The molecule has 0 saturated carbocycles. The molecule has 0 spiro atoms. The summed E-state index contributed by atoms with van der Waals surface area (Å²) in [6, 6.07) is 5.56. The number of anilines is 2. The number of carbonyl (C=O) groups excluding carboxylic acids is 1. The third-order valence-corrected chi connectivity index (χ3v) is 6.17. The normalized spacial score (nSPS) is 14.3. The van der Waals surface area contributed by atoms with Gasteiger partial charge in [-0.05, 0) is 32.2 Å². The summed E-state index contributed by atoms with van der Waals surface area (Å²) in [5.41, 5.74) is 3.20. The van der Waals surface area contributed by atoms with E-state index in [1.54, 1.807) is 37.6 Å². The Morgan fingerprint density at radius 2 is 1.77 bits per heavy atom. The fourth-order valence-corrected chi connectivity index (χ4v) is 4.12. The second-order valence-corrected chi connectivity index (χ2v) is 9.01. The average molecular weight is 540 g/mol. The van der Waals surface area contributed by atoms with E-state index in [-0.39, 0.29) is 5.56 Å². The Morgan fingerprint density at radius 1 is 1.03 bits per heavy atom. The van der Waals surface area contributed by atoms with Gasteiger partial charge >= 0.3 is 6.36 Å². The number of piperazine rings is 1. The number of likely N-dealkylation sites (N-methyl/N-ethyl adjacent to an activating group) is 1. The molecule has 39 heavy (non-hydrogen) atoms. The van der Waals surface area contributed by atoms with Gasteiger partial charge in [0, 0.05) is 61.5 Å². The first-order valence-electron chi connectivity index (χ1n) is 11.9. The summed E-state index contributed by atoms with van der Waals surface area (Å²) in [5, 5.41) is 11.0. The SMILES string of the molecule is Cc1ncc(NC(=O)c2cc(OC(F)(F)F)cc(N3CCN(C)CC3)c2)cc1-n1cc(-c2cncnc2)nn1. The molecule has 0 aliphatic carbocycles. The van der Waals surface area contributed by atoms with Crippen LogP contribution >= 0.6 is 0 Å². The van der Waals surface area contributed by atoms with Crippen LogP contribution in [0.1, 0.15) is 16.1 Å². The van der Waals surface area contributed by atoms with Crippen LogP contribution in [0.3, 0.4) is 0 Å². The smallest absolute Gasteiger partial charge is 0.406 e. The maximum absolute atomic E-state index is 13.2. The van der Waals surface area contributed by atoms with E-state index >= 15 is 0 Å². The summed E-state index contributed by atoms with van der Waals surface area (Å²) in [6.07, 6.45) is 2.86. The number of amides is 1. The number of rotatable bonds is 6. The highest BCUT2D eigenvalue weighted by molar-refractivity contribution is 6.05. The van der Waals surface area contributed by atoms with Gasteiger partial charge in [0.25, 0.3) is 5.91 Å². The third kappa shape index (κ3) is 6.29. The highest BCUT2D eigenvalue weighted by Crippen LogP contribution is 2.30. The fourth-order valence-electron chi connectivity index (χ4n) is 4.12. The number of hydrogen-bond donors (Lipinski definition) is 1. The molecule has 14 heteroatoms. The van der Waals surface area contributed by atoms with Crippen LogP contribution in [-0.4, -0.2) is 80.3 Å². The lowest BCUT2D eigenvalue weighted by Gasteiger charge is -2.34. The molecule has 11 nitrogen and oxygen atoms in total. The molecule has 1 aliphatic rings. The van der Waals surface area contributed by atoms with Gasteiger partial charge in [0.2, 0.25) is 0 Å². The monoisotopic (exact) mass is 539 g/mol. The van der Waals surface area contributed by atoms with Crippen molar-refractivity contribution in [1.82, 2.24) is 34.8 Å². The first-order chi connectivity index (χ1) is 18.6. The minimum Gasteiger partial charge on any atom is -0.406 e. The van der Waals surface area contributed by atoms with Crippen LogP contribution in [0.2, 0.25) is 0 Å². The molecule has 1 aromatic carbocycles. The van der Waals surface area contributed by atoms with E-state index in [0.29, 0.717) is 47.1 Å². The molecule has 4 heterocycles. The average Bonchev–Trinajstić information content (AvgIpc) is 3.40. The highest BCUT2D eigenvalue weighted by atomic mass is 19.4. The molecular formula is C25H24F3N9O2. The summed E-state index contributed by atoms with van der Waals surface area (Å²) < 4.78 is 44.8. The maximum Gasteiger partial charge on any atom is 0.573 e. The topological polar surface area (TPSA) is 114 Å². The summed E-state index contributed by atoms with van der Waals surface area (Å²) in [6.45, 7) is 4.46. The molecule has 0 atom stereocenters. The molecule has 202 valence electrons. The number of benzene rings is 1. The van der Waals surface area contributed by atoms with Crippen molar-refractivity contribution in [2.24, 2.45) is 0 Å². The number of pyridine rings is 1. The Bertz CT molecular complexity index is 1470. The van der Waals surface area contributed by atoms with E-state index in [1.807, 2.05) is 11.9 Å². The van der Waals surface area contributed by atoms with Crippen molar-refractivity contribution in [2.75, 3.05) is 43.4 Å². The van der Waals surface area contributed by atoms with E-state index in [1.165, 1.54) is 23.3 Å². The van der Waals surface area contributed by atoms with Crippen molar-refractivity contribution < 1.29 is 22.7 Å². The zero-order valence-corrected chi connectivity index (χ0v) is 21.1. The molecule has 1 amide bonds. The molecule has 1 aliphatic heterocycles. The molecule has 0 radical (unpaired) electrons. The summed E-state index contributed by atoms with van der Waals surface area (Å²) in [5.74, 6) is -1.08. The van der Waals surface area contributed by atoms with Gasteiger partial charge in [-0.2, -0.15) is 0 Å². The van der Waals surface area contributed by atoms with E-state index in [0.717, 1.165) is 19.2 Å². The predicted octanol–water partition coefficient (Wildman–Crippen LogP) is 3.33. The number of nitrogens with one attached hydrogen (secondary N) is 1. The lowest BCUT2D eigenvalue weighted by Crippen LogP contribution is -2.44. The van der Waals surface area contributed by atoms with Crippen molar-refractivity contribution in [3.8, 4) is 22.7 Å². The van der Waals surface area contributed by atoms with Gasteiger partial charge in [-0.15, -0.1) is 18.3 Å². The summed E-state index contributed by atoms with van der Waals surface area (Å²) >= 11 is 0. The Balaban J connectivity index is 1.40. The fraction of sp³-hybridized carbons (Fsp3) is 0.280. The van der Waals surface area contributed by atoms with Crippen LogP contribution in [0, 0.1) is 6.92 Å². The minimum atomic E-state index is -4.90. The summed E-state index contributed by atoms with van der Waals surface area (Å²) in [4.78, 5) is 29.5. The lowest BCUT2D eigenvalue weighted by atomic mass is 10.1. The predicted molar refractivity (Wildman–Crippen MR) is 136 cm³/mol. The quantitative estimate of drug-likeness (QED) is 0.394. The number of aryl methyl sites for hydroxylation is 1. The van der Waals surface area contributed by atoms with Crippen LogP contribution in [0.5, 0.6) is 5.75 Å². The van der Waals surface area contributed by atoms with Crippen LogP contribution in [0.15, 0.2) is 55.4 Å². The zero-order valence-electron chi connectivity index (χ0n) is 21.1. The van der Waals surface area contributed by atoms with Crippen LogP contribution in [-0.2, 0) is 0 Å². The van der Waals surface area contributed by atoms with E-state index in [9.17, 15) is 18.0 Å². The van der Waals surface area contributed by atoms with Gasteiger partial charge in [0.15, 0.2) is 0 Å². The molecular weight excluding hydrogens is 515 g/mol. The van der Waals surface area contributed by atoms with E-state index in [4.69, 9.17) is 0 Å². The number of hydrogen-bond acceptors (Lipinski definition) is 9. The minimum absolute atomic E-state index is 0.0138. The molecule has 5 rings (SSSR count). The van der Waals surface area contributed by atoms with Crippen molar-refractivity contribution >= 4 is 17.3 Å². The highest BCUT2D eigenvalue weighted by Gasteiger charge is 2.32. The molecule has 0 bridgehead atoms. The number of aromatic nitrogens is 6. The van der Waals surface area contributed by atoms with Gasteiger partial charge in [-0.1, -0.05) is 5.21 Å². The van der Waals surface area contributed by atoms with E-state index < -0.39 is 18.0 Å². The summed E-state index contributed by atoms with van der Waals surface area (Å²) in [7, 11) is 1.97. The Morgan fingerprint density at radius 3 is 2.49 bits per heavy atom. The van der Waals surface area contributed by atoms with Gasteiger partial charge in [0.05, 0.1) is 29.5 Å². The van der Waals surface area contributed by atoms with Gasteiger partial charge in [-0.25, -0.2) is 14.6 Å². The van der Waals surface area contributed by atoms with Crippen LogP contribution in [0.4, 0.5) is 24.5 Å². The Hall–Kier alpha value is -4.59. The van der Waals surface area contributed by atoms with Gasteiger partial charge in [0.1, 0.15) is 17.8 Å². The van der Waals surface area contributed by atoms with Crippen molar-refractivity contribution in [1.29, 1.82) is 0 Å². The maximum atomic E-state index is 13.2. The largest absolute Gasteiger partial charge is 0.573 e. The first kappa shape index (κ1) is 26.0. The number of halogens is 3. The molecule has 1 saturated heterocycles. The van der Waals surface area contributed by atoms with E-state index in [2.05, 4.69) is 40.2 Å². The number of ether oxygens (including phenoxy) is 1. The molecule has 1 N–H and O–H groups in total. The molecule has 3 aromatic heterocycles. The van der Waals surface area contributed by atoms with Gasteiger partial charge < -0.3 is 19.9 Å². The number of nitrogens with zero attached hydrogens (tertiary/aromatic N) is 8. The number of alkyl halides is 3. The van der Waals surface area contributed by atoms with Crippen LogP contribution in [0.25, 0.3) is 16.9 Å². The second kappa shape index (κ2) is 10.6. The Labute approximate surface area is 221 Å². The first-order valence-corrected chi connectivity index (χ1v) is 11.9. The number of carbonyl (C=O) groups is 1. The molecule has 0 unspecified atom stereocenters. The van der Waals surface area contributed by atoms with Crippen molar-refractivity contribution in [3.05, 3.63) is 66.6 Å². The Kier molecular flexibility index (Phi) is 7.11. The van der Waals surface area contributed by atoms with Gasteiger partial charge in [-0.3, -0.25) is 9.78 Å². The van der Waals surface area contributed by atoms with Crippen molar-refractivity contribution in [3.63, 3.8) is 0 Å². The van der Waals surface area contributed by atoms with Crippen LogP contribution < -0.4 is 15.0 Å². The standard InChI is InChI=1S/C25H24F3N9O2/c1-16-23(37-14-22(33-34-37)18-11-29-15-30-12-18)9-19(13-31-16)32-24(38)17-7-20(36-5-3-35(2)4-6-36)10-21(8-17)39-25(26,27)28/h7-15H,3-6H2,1-2H3,(H,32,38).